The van der Waals surface area contributed by atoms with Gasteiger partial charge in [-0.25, -0.2) is 0 Å². The fraction of sp³-hybridized carbons (Fsp3) is 0.700. The third kappa shape index (κ3) is 3.66. The molecule has 0 aromatic rings. The van der Waals surface area contributed by atoms with Crippen molar-refractivity contribution < 1.29 is 29.3 Å². The van der Waals surface area contributed by atoms with Gasteiger partial charge in [-0.3, -0.25) is 14.4 Å². The number of ketones is 1. The Morgan fingerprint density at radius 1 is 1.17 bits per heavy atom. The molecule has 6 nitrogen and oxygen atoms in total. The molecule has 0 unspecified atom stereocenters. The minimum Gasteiger partial charge on any atom is -0.481 e. The van der Waals surface area contributed by atoms with Crippen molar-refractivity contribution in [3.63, 3.8) is 0 Å². The Kier molecular flexibility index (Phi) is 6.47. The fourth-order valence-electron chi connectivity index (χ4n) is 9.02. The number of aliphatic hydroxyl groups is 1. The van der Waals surface area contributed by atoms with Gasteiger partial charge >= 0.3 is 11.9 Å². The molecule has 6 heteroatoms. The summed E-state index contributed by atoms with van der Waals surface area (Å²) in [6, 6.07) is 0. The number of aliphatic carboxylic acids is 1. The van der Waals surface area contributed by atoms with E-state index in [0.717, 1.165) is 19.3 Å². The molecule has 8 atom stereocenters. The van der Waals surface area contributed by atoms with Gasteiger partial charge in [0.05, 0.1) is 0 Å². The van der Waals surface area contributed by atoms with E-state index in [1.54, 1.807) is 6.08 Å². The Balaban J connectivity index is 1.80. The molecule has 0 spiro atoms. The van der Waals surface area contributed by atoms with Crippen molar-refractivity contribution in [3.8, 4) is 0 Å². The number of carbonyl (C=O) groups excluding carboxylic acids is 2. The van der Waals surface area contributed by atoms with Crippen LogP contribution < -0.4 is 0 Å². The summed E-state index contributed by atoms with van der Waals surface area (Å²) in [6.45, 7) is 13.9. The van der Waals surface area contributed by atoms with E-state index in [1.807, 2.05) is 19.9 Å². The Bertz CT molecular complexity index is 1070. The minimum absolute atomic E-state index is 0.000784. The van der Waals surface area contributed by atoms with E-state index >= 15 is 0 Å². The number of allylic oxidation sites excluding steroid dienone is 5. The first-order valence-corrected chi connectivity index (χ1v) is 13.3. The summed E-state index contributed by atoms with van der Waals surface area (Å²) in [5.41, 5.74) is 0.400. The fourth-order valence-corrected chi connectivity index (χ4v) is 9.02. The number of ether oxygens (including phenoxy) is 1. The number of carboxylic acid groups (broad SMARTS) is 1. The molecule has 4 aliphatic carbocycles. The standard InChI is InChI=1S/C30H42O6/c1-17(9-8-10-23(33)34)19-11-12-20-28(19,5)15-13-21-29(6)16-14-22(32)27(3,4)25(29)24(36-18(2)31)26(35)30(20,21)7/h9,12,14,16,19,21,24-26,35H,8,10-11,13,15H2,1-7H3,(H,33,34)/b17-9+/t19-,21+,24-,25-,26+,28-,29+,30-/m0/s1. The van der Waals surface area contributed by atoms with Gasteiger partial charge in [0.2, 0.25) is 0 Å². The molecule has 0 amide bonds. The van der Waals surface area contributed by atoms with Gasteiger partial charge in [0.1, 0.15) is 12.2 Å². The second kappa shape index (κ2) is 8.68. The predicted octanol–water partition coefficient (Wildman–Crippen LogP) is 5.26. The van der Waals surface area contributed by atoms with E-state index in [-0.39, 0.29) is 35.4 Å². The quantitative estimate of drug-likeness (QED) is 0.396. The zero-order chi connectivity index (χ0) is 26.8. The van der Waals surface area contributed by atoms with Crippen LogP contribution in [0.25, 0.3) is 0 Å². The number of aliphatic hydroxyl groups excluding tert-OH is 1. The van der Waals surface area contributed by atoms with E-state index in [4.69, 9.17) is 9.84 Å². The van der Waals surface area contributed by atoms with Crippen molar-refractivity contribution >= 4 is 17.7 Å². The van der Waals surface area contributed by atoms with E-state index < -0.39 is 40.4 Å². The van der Waals surface area contributed by atoms with Crippen LogP contribution in [0.4, 0.5) is 0 Å². The van der Waals surface area contributed by atoms with Crippen LogP contribution in [-0.2, 0) is 19.1 Å². The summed E-state index contributed by atoms with van der Waals surface area (Å²) in [6.07, 6.45) is 9.63. The number of fused-ring (bicyclic) bond motifs is 5. The molecule has 0 aliphatic heterocycles. The smallest absolute Gasteiger partial charge is 0.303 e. The summed E-state index contributed by atoms with van der Waals surface area (Å²) in [5.74, 6) is -1.26. The van der Waals surface area contributed by atoms with Crippen molar-refractivity contribution in [1.29, 1.82) is 0 Å². The van der Waals surface area contributed by atoms with Gasteiger partial charge in [0, 0.05) is 30.1 Å². The van der Waals surface area contributed by atoms with E-state index in [0.29, 0.717) is 6.42 Å². The van der Waals surface area contributed by atoms with Crippen molar-refractivity contribution in [3.05, 3.63) is 35.5 Å². The highest BCUT2D eigenvalue weighted by atomic mass is 16.6. The number of carboxylic acids is 1. The molecule has 4 aliphatic rings. The summed E-state index contributed by atoms with van der Waals surface area (Å²) in [4.78, 5) is 36.3. The van der Waals surface area contributed by atoms with Crippen LogP contribution in [0.5, 0.6) is 0 Å². The lowest BCUT2D eigenvalue weighted by atomic mass is 9.38. The lowest BCUT2D eigenvalue weighted by Gasteiger charge is -2.67. The summed E-state index contributed by atoms with van der Waals surface area (Å²) < 4.78 is 5.90. The maximum atomic E-state index is 13.0. The topological polar surface area (TPSA) is 101 Å². The highest BCUT2D eigenvalue weighted by Gasteiger charge is 2.71. The summed E-state index contributed by atoms with van der Waals surface area (Å²) in [5, 5.41) is 21.2. The van der Waals surface area contributed by atoms with Gasteiger partial charge in [-0.05, 0) is 61.3 Å². The normalized spacial score (nSPS) is 43.2. The van der Waals surface area contributed by atoms with E-state index in [1.165, 1.54) is 18.1 Å². The Morgan fingerprint density at radius 3 is 2.44 bits per heavy atom. The molecule has 0 aromatic heterocycles. The van der Waals surface area contributed by atoms with Crippen LogP contribution in [0, 0.1) is 39.4 Å². The molecule has 0 saturated heterocycles. The molecule has 2 saturated carbocycles. The molecule has 2 fully saturated rings. The molecule has 0 bridgehead atoms. The van der Waals surface area contributed by atoms with Crippen LogP contribution in [0.1, 0.15) is 80.6 Å². The van der Waals surface area contributed by atoms with Gasteiger partial charge in [-0.15, -0.1) is 0 Å². The third-order valence-corrected chi connectivity index (χ3v) is 10.6. The van der Waals surface area contributed by atoms with E-state index in [9.17, 15) is 19.5 Å². The maximum Gasteiger partial charge on any atom is 0.303 e. The van der Waals surface area contributed by atoms with Crippen molar-refractivity contribution in [2.45, 2.75) is 92.8 Å². The van der Waals surface area contributed by atoms with Crippen LogP contribution >= 0.6 is 0 Å². The summed E-state index contributed by atoms with van der Waals surface area (Å²) in [7, 11) is 0. The highest BCUT2D eigenvalue weighted by molar-refractivity contribution is 5.96. The molecule has 2 N–H and O–H groups in total. The largest absolute Gasteiger partial charge is 0.481 e. The third-order valence-electron chi connectivity index (χ3n) is 10.6. The first-order valence-electron chi connectivity index (χ1n) is 13.3. The summed E-state index contributed by atoms with van der Waals surface area (Å²) >= 11 is 0. The SMILES string of the molecule is CC(=O)O[C@@H]1[C@@H](O)[C@@]2(C)C3=CC[C@@H](/C(C)=C/CCC(=O)O)[C@]3(C)CC[C@@H]2[C@@]2(C)C=CC(=O)C(C)(C)[C@H]12. The van der Waals surface area contributed by atoms with Crippen molar-refractivity contribution in [1.82, 2.24) is 0 Å². The van der Waals surface area contributed by atoms with Gasteiger partial charge in [0.15, 0.2) is 5.78 Å². The monoisotopic (exact) mass is 498 g/mol. The first-order chi connectivity index (χ1) is 16.6. The Morgan fingerprint density at radius 2 is 1.83 bits per heavy atom. The minimum atomic E-state index is -0.941. The second-order valence-corrected chi connectivity index (χ2v) is 12.9. The molecule has 4 rings (SSSR count). The highest BCUT2D eigenvalue weighted by Crippen LogP contribution is 2.72. The molecule has 0 radical (unpaired) electrons. The molecular formula is C30H42O6. The second-order valence-electron chi connectivity index (χ2n) is 12.9. The molecule has 0 heterocycles. The molecule has 36 heavy (non-hydrogen) atoms. The van der Waals surface area contributed by atoms with Crippen molar-refractivity contribution in [2.24, 2.45) is 39.4 Å². The first kappa shape index (κ1) is 26.8. The lowest BCUT2D eigenvalue weighted by molar-refractivity contribution is -0.228. The van der Waals surface area contributed by atoms with Gasteiger partial charge in [-0.1, -0.05) is 64.0 Å². The maximum absolute atomic E-state index is 13.0. The van der Waals surface area contributed by atoms with Gasteiger partial charge in [0.25, 0.3) is 0 Å². The number of carbonyl (C=O) groups is 3. The predicted molar refractivity (Wildman–Crippen MR) is 137 cm³/mol. The number of hydrogen-bond donors (Lipinski definition) is 2. The average Bonchev–Trinajstić information content (AvgIpc) is 3.12. The zero-order valence-corrected chi connectivity index (χ0v) is 22.8. The Hall–Kier alpha value is -2.21. The van der Waals surface area contributed by atoms with Crippen LogP contribution in [0.2, 0.25) is 0 Å². The van der Waals surface area contributed by atoms with Crippen molar-refractivity contribution in [2.75, 3.05) is 0 Å². The number of esters is 1. The number of rotatable bonds is 5. The lowest BCUT2D eigenvalue weighted by Crippen LogP contribution is -2.70. The Labute approximate surface area is 214 Å². The van der Waals surface area contributed by atoms with Gasteiger partial charge < -0.3 is 14.9 Å². The molecule has 198 valence electrons. The van der Waals surface area contributed by atoms with E-state index in [2.05, 4.69) is 39.8 Å². The number of hydrogen-bond acceptors (Lipinski definition) is 5. The van der Waals surface area contributed by atoms with Crippen LogP contribution in [0.15, 0.2) is 35.5 Å². The van der Waals surface area contributed by atoms with Crippen LogP contribution in [0.3, 0.4) is 0 Å². The molecule has 0 aromatic carbocycles. The molecular weight excluding hydrogens is 456 g/mol. The van der Waals surface area contributed by atoms with Crippen LogP contribution in [-0.4, -0.2) is 40.1 Å². The average molecular weight is 499 g/mol. The zero-order valence-electron chi connectivity index (χ0n) is 22.8. The van der Waals surface area contributed by atoms with Gasteiger partial charge in [-0.2, -0.15) is 0 Å².